The van der Waals surface area contributed by atoms with Crippen LogP contribution in [0.1, 0.15) is 30.1 Å². The molecule has 1 fully saturated rings. The van der Waals surface area contributed by atoms with Gasteiger partial charge in [-0.2, -0.15) is 0 Å². The summed E-state index contributed by atoms with van der Waals surface area (Å²) >= 11 is 6.07. The van der Waals surface area contributed by atoms with E-state index in [0.717, 1.165) is 10.5 Å². The second-order valence-electron chi connectivity index (χ2n) is 7.05. The van der Waals surface area contributed by atoms with Crippen LogP contribution >= 0.6 is 11.6 Å². The average Bonchev–Trinajstić information content (AvgIpc) is 2.92. The molecule has 6 heteroatoms. The van der Waals surface area contributed by atoms with E-state index in [1.54, 1.807) is 48.5 Å². The summed E-state index contributed by atoms with van der Waals surface area (Å²) in [6.07, 6.45) is 3.14. The number of ether oxygens (including phenoxy) is 1. The van der Waals surface area contributed by atoms with E-state index >= 15 is 0 Å². The zero-order chi connectivity index (χ0) is 19.8. The van der Waals surface area contributed by atoms with Crippen molar-refractivity contribution in [1.82, 2.24) is 0 Å². The predicted molar refractivity (Wildman–Crippen MR) is 105 cm³/mol. The van der Waals surface area contributed by atoms with Crippen molar-refractivity contribution in [3.8, 4) is 5.75 Å². The molecule has 0 bridgehead atoms. The van der Waals surface area contributed by atoms with Crippen LogP contribution in [-0.4, -0.2) is 17.8 Å². The van der Waals surface area contributed by atoms with Gasteiger partial charge in [0.25, 0.3) is 0 Å². The highest BCUT2D eigenvalue weighted by atomic mass is 35.5. The summed E-state index contributed by atoms with van der Waals surface area (Å²) in [5, 5.41) is 0.269. The molecule has 0 saturated carbocycles. The lowest BCUT2D eigenvalue weighted by Gasteiger charge is -2.19. The third kappa shape index (κ3) is 3.12. The predicted octanol–water partition coefficient (Wildman–Crippen LogP) is 4.40. The molecular weight excluding hydrogens is 378 g/mol. The fourth-order valence-corrected chi connectivity index (χ4v) is 4.00. The Hall–Kier alpha value is -2.92. The lowest BCUT2D eigenvalue weighted by atomic mass is 9.82. The minimum atomic E-state index is -0.646. The molecule has 1 saturated heterocycles. The van der Waals surface area contributed by atoms with E-state index < -0.39 is 5.97 Å². The van der Waals surface area contributed by atoms with Gasteiger partial charge in [-0.15, -0.1) is 0 Å². The topological polar surface area (TPSA) is 63.7 Å². The normalized spacial score (nSPS) is 21.4. The van der Waals surface area contributed by atoms with E-state index in [4.69, 9.17) is 16.3 Å². The first-order valence-corrected chi connectivity index (χ1v) is 9.44. The average molecular weight is 396 g/mol. The molecule has 0 N–H and O–H groups in total. The molecule has 5 nitrogen and oxygen atoms in total. The number of carbonyl (C=O) groups excluding carboxylic acids is 3. The molecule has 2 aromatic rings. The van der Waals surface area contributed by atoms with Crippen molar-refractivity contribution in [3.05, 3.63) is 70.8 Å². The number of esters is 1. The van der Waals surface area contributed by atoms with Crippen LogP contribution < -0.4 is 9.64 Å². The van der Waals surface area contributed by atoms with Crippen molar-refractivity contribution in [1.29, 1.82) is 0 Å². The van der Waals surface area contributed by atoms with Crippen LogP contribution in [0.3, 0.4) is 0 Å². The van der Waals surface area contributed by atoms with Crippen molar-refractivity contribution in [2.75, 3.05) is 4.90 Å². The fourth-order valence-electron chi connectivity index (χ4n) is 3.78. The largest absolute Gasteiger partial charge is 0.421 e. The first-order valence-electron chi connectivity index (χ1n) is 9.06. The number of amides is 2. The summed E-state index contributed by atoms with van der Waals surface area (Å²) in [5.74, 6) is -1.71. The molecular formula is C22H18ClNO4. The van der Waals surface area contributed by atoms with Gasteiger partial charge in [-0.1, -0.05) is 47.5 Å². The van der Waals surface area contributed by atoms with Gasteiger partial charge in [-0.05, 0) is 44.0 Å². The summed E-state index contributed by atoms with van der Waals surface area (Å²) in [6, 6.07) is 13.1. The van der Waals surface area contributed by atoms with Crippen molar-refractivity contribution in [2.45, 2.75) is 19.8 Å². The Morgan fingerprint density at radius 2 is 1.71 bits per heavy atom. The van der Waals surface area contributed by atoms with Crippen molar-refractivity contribution >= 4 is 35.1 Å². The van der Waals surface area contributed by atoms with E-state index in [9.17, 15) is 14.4 Å². The summed E-state index contributed by atoms with van der Waals surface area (Å²) in [5.41, 5.74) is 1.61. The van der Waals surface area contributed by atoms with Gasteiger partial charge in [0, 0.05) is 0 Å². The molecule has 1 aliphatic carbocycles. The molecule has 0 radical (unpaired) electrons. The number of halogens is 1. The van der Waals surface area contributed by atoms with Crippen LogP contribution in [0.2, 0.25) is 5.02 Å². The highest BCUT2D eigenvalue weighted by molar-refractivity contribution is 6.33. The standard InChI is InChI=1S/C22H18ClNO4/c1-13-10-11-14-16(12-13)21(26)24(20(14)25)18-8-4-5-9-19(18)28-22(27)15-6-2-3-7-17(15)23/h2-10,14,16H,11-12H2,1H3/t14-,16+/m1/s1. The van der Waals surface area contributed by atoms with E-state index in [1.807, 2.05) is 13.0 Å². The maximum absolute atomic E-state index is 13.0. The zero-order valence-corrected chi connectivity index (χ0v) is 16.0. The van der Waals surface area contributed by atoms with Crippen molar-refractivity contribution in [2.24, 2.45) is 11.8 Å². The third-order valence-electron chi connectivity index (χ3n) is 5.23. The van der Waals surface area contributed by atoms with Gasteiger partial charge in [-0.3, -0.25) is 9.59 Å². The Morgan fingerprint density at radius 1 is 1.04 bits per heavy atom. The Labute approximate surface area is 167 Å². The van der Waals surface area contributed by atoms with Crippen LogP contribution in [-0.2, 0) is 9.59 Å². The molecule has 28 heavy (non-hydrogen) atoms. The number of hydrogen-bond acceptors (Lipinski definition) is 4. The number of carbonyl (C=O) groups is 3. The van der Waals surface area contributed by atoms with E-state index in [2.05, 4.69) is 0 Å². The van der Waals surface area contributed by atoms with Crippen LogP contribution in [0.25, 0.3) is 0 Å². The molecule has 2 amide bonds. The molecule has 2 aromatic carbocycles. The van der Waals surface area contributed by atoms with E-state index in [-0.39, 0.29) is 45.7 Å². The zero-order valence-electron chi connectivity index (χ0n) is 15.2. The fraction of sp³-hybridized carbons (Fsp3) is 0.227. The number of allylic oxidation sites excluding steroid dienone is 2. The van der Waals surface area contributed by atoms with E-state index in [0.29, 0.717) is 12.8 Å². The number of fused-ring (bicyclic) bond motifs is 1. The number of rotatable bonds is 3. The highest BCUT2D eigenvalue weighted by Crippen LogP contribution is 2.42. The smallest absolute Gasteiger partial charge is 0.345 e. The van der Waals surface area contributed by atoms with Gasteiger partial charge < -0.3 is 4.74 Å². The van der Waals surface area contributed by atoms with Gasteiger partial charge >= 0.3 is 5.97 Å². The minimum Gasteiger partial charge on any atom is -0.421 e. The van der Waals surface area contributed by atoms with Gasteiger partial charge in [0.05, 0.1) is 28.1 Å². The molecule has 0 unspecified atom stereocenters. The quantitative estimate of drug-likeness (QED) is 0.334. The molecule has 1 aliphatic heterocycles. The number of imide groups is 1. The Morgan fingerprint density at radius 3 is 2.50 bits per heavy atom. The Balaban J connectivity index is 1.66. The minimum absolute atomic E-state index is 0.150. The van der Waals surface area contributed by atoms with E-state index in [1.165, 1.54) is 0 Å². The Bertz CT molecular complexity index is 1010. The summed E-state index contributed by atoms with van der Waals surface area (Å²) in [6.45, 7) is 1.97. The maximum Gasteiger partial charge on any atom is 0.345 e. The van der Waals surface area contributed by atoms with Crippen molar-refractivity contribution < 1.29 is 19.1 Å². The summed E-state index contributed by atoms with van der Waals surface area (Å²) in [7, 11) is 0. The molecule has 2 aliphatic rings. The number of hydrogen-bond donors (Lipinski definition) is 0. The Kier molecular flexibility index (Phi) is 4.77. The summed E-state index contributed by atoms with van der Waals surface area (Å²) in [4.78, 5) is 39.6. The number of anilines is 1. The molecule has 4 rings (SSSR count). The SMILES string of the molecule is CC1=CC[C@H]2C(=O)N(c3ccccc3OC(=O)c3ccccc3Cl)C(=O)[C@H]2C1. The van der Waals surface area contributed by atoms with Crippen LogP contribution in [0, 0.1) is 11.8 Å². The van der Waals surface area contributed by atoms with Crippen LogP contribution in [0.5, 0.6) is 5.75 Å². The molecule has 0 spiro atoms. The van der Waals surface area contributed by atoms with Crippen molar-refractivity contribution in [3.63, 3.8) is 0 Å². The first-order chi connectivity index (χ1) is 13.5. The molecule has 0 aromatic heterocycles. The monoisotopic (exact) mass is 395 g/mol. The van der Waals surface area contributed by atoms with Gasteiger partial charge in [0.15, 0.2) is 5.75 Å². The molecule has 1 heterocycles. The second kappa shape index (κ2) is 7.24. The number of benzene rings is 2. The first kappa shape index (κ1) is 18.4. The second-order valence-corrected chi connectivity index (χ2v) is 7.46. The lowest BCUT2D eigenvalue weighted by Crippen LogP contribution is -2.31. The van der Waals surface area contributed by atoms with Gasteiger partial charge in [0.2, 0.25) is 11.8 Å². The van der Waals surface area contributed by atoms with Gasteiger partial charge in [0.1, 0.15) is 0 Å². The van der Waals surface area contributed by atoms with Crippen LogP contribution in [0.15, 0.2) is 60.2 Å². The number of para-hydroxylation sites is 2. The summed E-state index contributed by atoms with van der Waals surface area (Å²) < 4.78 is 5.51. The maximum atomic E-state index is 13.0. The molecule has 2 atom stereocenters. The van der Waals surface area contributed by atoms with Gasteiger partial charge in [-0.25, -0.2) is 9.69 Å². The van der Waals surface area contributed by atoms with Crippen LogP contribution in [0.4, 0.5) is 5.69 Å². The molecule has 142 valence electrons. The highest BCUT2D eigenvalue weighted by Gasteiger charge is 2.49. The third-order valence-corrected chi connectivity index (χ3v) is 5.56. The number of nitrogens with zero attached hydrogens (tertiary/aromatic N) is 1. The lowest BCUT2D eigenvalue weighted by molar-refractivity contribution is -0.122.